The molecule has 0 saturated heterocycles. The minimum atomic E-state index is -0.308. The molecule has 0 radical (unpaired) electrons. The van der Waals surface area contributed by atoms with E-state index in [1.54, 1.807) is 30.7 Å². The molecule has 19 heavy (non-hydrogen) atoms. The Morgan fingerprint density at radius 2 is 2.05 bits per heavy atom. The number of methoxy groups -OCH3 is 2. The first-order valence-electron chi connectivity index (χ1n) is 6.78. The summed E-state index contributed by atoms with van der Waals surface area (Å²) in [4.78, 5) is 0. The van der Waals surface area contributed by atoms with Crippen LogP contribution >= 0.6 is 11.8 Å². The average Bonchev–Trinajstić information content (AvgIpc) is 3.08. The van der Waals surface area contributed by atoms with E-state index in [9.17, 15) is 0 Å². The molecule has 1 heterocycles. The van der Waals surface area contributed by atoms with Crippen LogP contribution in [0.5, 0.6) is 0 Å². The van der Waals surface area contributed by atoms with Crippen LogP contribution in [0.25, 0.3) is 0 Å². The molecule has 0 unspecified atom stereocenters. The summed E-state index contributed by atoms with van der Waals surface area (Å²) in [6.45, 7) is 0.520. The molecule has 7 heteroatoms. The highest BCUT2D eigenvalue weighted by Gasteiger charge is 2.16. The van der Waals surface area contributed by atoms with Gasteiger partial charge in [-0.15, -0.1) is 5.10 Å². The van der Waals surface area contributed by atoms with Crippen LogP contribution in [-0.4, -0.2) is 46.5 Å². The van der Waals surface area contributed by atoms with E-state index in [1.807, 2.05) is 0 Å². The second-order valence-electron chi connectivity index (χ2n) is 4.83. The fourth-order valence-corrected chi connectivity index (χ4v) is 3.40. The van der Waals surface area contributed by atoms with Gasteiger partial charge in [0.15, 0.2) is 6.29 Å². The van der Waals surface area contributed by atoms with Crippen molar-refractivity contribution < 1.29 is 9.47 Å². The van der Waals surface area contributed by atoms with E-state index >= 15 is 0 Å². The SMILES string of the molecule is COC(Cn1nnnc1SCCC1CCCC1)OC. The number of aromatic nitrogens is 4. The van der Waals surface area contributed by atoms with Crippen molar-refractivity contribution >= 4 is 11.8 Å². The minimum absolute atomic E-state index is 0.308. The van der Waals surface area contributed by atoms with Gasteiger partial charge in [0.05, 0.1) is 6.54 Å². The lowest BCUT2D eigenvalue weighted by Crippen LogP contribution is -2.22. The molecule has 0 N–H and O–H groups in total. The van der Waals surface area contributed by atoms with E-state index in [4.69, 9.17) is 9.47 Å². The van der Waals surface area contributed by atoms with Gasteiger partial charge in [-0.3, -0.25) is 0 Å². The Hall–Kier alpha value is -0.660. The van der Waals surface area contributed by atoms with Gasteiger partial charge in [0.25, 0.3) is 0 Å². The Bertz CT molecular complexity index is 364. The molecule has 1 aliphatic rings. The lowest BCUT2D eigenvalue weighted by atomic mass is 10.1. The third kappa shape index (κ3) is 4.43. The molecule has 1 aromatic rings. The van der Waals surface area contributed by atoms with E-state index in [0.717, 1.165) is 16.8 Å². The van der Waals surface area contributed by atoms with Gasteiger partial charge in [-0.2, -0.15) is 0 Å². The van der Waals surface area contributed by atoms with E-state index in [2.05, 4.69) is 15.5 Å². The summed E-state index contributed by atoms with van der Waals surface area (Å²) in [5.41, 5.74) is 0. The summed E-state index contributed by atoms with van der Waals surface area (Å²) in [6.07, 6.45) is 6.53. The maximum Gasteiger partial charge on any atom is 0.209 e. The van der Waals surface area contributed by atoms with Crippen LogP contribution in [0.1, 0.15) is 32.1 Å². The van der Waals surface area contributed by atoms with Gasteiger partial charge >= 0.3 is 0 Å². The second-order valence-corrected chi connectivity index (χ2v) is 5.89. The van der Waals surface area contributed by atoms with Crippen molar-refractivity contribution in [2.45, 2.75) is 50.1 Å². The molecular weight excluding hydrogens is 264 g/mol. The zero-order chi connectivity index (χ0) is 13.5. The van der Waals surface area contributed by atoms with Crippen LogP contribution in [0.4, 0.5) is 0 Å². The molecule has 0 aromatic carbocycles. The molecule has 0 atom stereocenters. The third-order valence-corrected chi connectivity index (χ3v) is 4.57. The van der Waals surface area contributed by atoms with Crippen LogP contribution in [0.2, 0.25) is 0 Å². The van der Waals surface area contributed by atoms with E-state index in [0.29, 0.717) is 6.54 Å². The fraction of sp³-hybridized carbons (Fsp3) is 0.917. The first-order chi connectivity index (χ1) is 9.33. The summed E-state index contributed by atoms with van der Waals surface area (Å²) in [7, 11) is 3.23. The molecule has 108 valence electrons. The molecular formula is C12H22N4O2S. The van der Waals surface area contributed by atoms with Crippen molar-refractivity contribution in [1.82, 2.24) is 20.2 Å². The fourth-order valence-electron chi connectivity index (χ4n) is 2.42. The Kier molecular flexibility index (Phi) is 6.06. The largest absolute Gasteiger partial charge is 0.354 e. The molecule has 2 rings (SSSR count). The quantitative estimate of drug-likeness (QED) is 0.538. The molecule has 1 fully saturated rings. The standard InChI is InChI=1S/C12H22N4O2S/c1-17-11(18-2)9-16-12(13-14-15-16)19-8-7-10-5-3-4-6-10/h10-11H,3-9H2,1-2H3. The molecule has 0 bridgehead atoms. The second kappa shape index (κ2) is 7.81. The molecule has 1 saturated carbocycles. The van der Waals surface area contributed by atoms with Gasteiger partial charge < -0.3 is 9.47 Å². The van der Waals surface area contributed by atoms with Crippen molar-refractivity contribution in [3.63, 3.8) is 0 Å². The van der Waals surface area contributed by atoms with Crippen molar-refractivity contribution in [2.75, 3.05) is 20.0 Å². The monoisotopic (exact) mass is 286 g/mol. The van der Waals surface area contributed by atoms with Crippen LogP contribution in [0.15, 0.2) is 5.16 Å². The zero-order valence-corrected chi connectivity index (χ0v) is 12.4. The van der Waals surface area contributed by atoms with Gasteiger partial charge in [0.1, 0.15) is 0 Å². The topological polar surface area (TPSA) is 62.1 Å². The Balaban J connectivity index is 1.78. The third-order valence-electron chi connectivity index (χ3n) is 3.58. The van der Waals surface area contributed by atoms with E-state index < -0.39 is 0 Å². The highest BCUT2D eigenvalue weighted by atomic mass is 32.2. The smallest absolute Gasteiger partial charge is 0.209 e. The van der Waals surface area contributed by atoms with Crippen LogP contribution in [-0.2, 0) is 16.0 Å². The predicted octanol–water partition coefficient (Wildman–Crippen LogP) is 1.96. The predicted molar refractivity (Wildman–Crippen MR) is 72.9 cm³/mol. The Morgan fingerprint density at radius 1 is 1.32 bits per heavy atom. The van der Waals surface area contributed by atoms with Crippen molar-refractivity contribution in [2.24, 2.45) is 5.92 Å². The number of thioether (sulfide) groups is 1. The van der Waals surface area contributed by atoms with Crippen LogP contribution < -0.4 is 0 Å². The molecule has 1 aromatic heterocycles. The summed E-state index contributed by atoms with van der Waals surface area (Å²) < 4.78 is 12.1. The number of hydrogen-bond donors (Lipinski definition) is 0. The maximum absolute atomic E-state index is 5.17. The molecule has 0 aliphatic heterocycles. The molecule has 1 aliphatic carbocycles. The molecule has 0 amide bonds. The minimum Gasteiger partial charge on any atom is -0.354 e. The zero-order valence-electron chi connectivity index (χ0n) is 11.6. The number of nitrogens with zero attached hydrogens (tertiary/aromatic N) is 4. The number of tetrazole rings is 1. The lowest BCUT2D eigenvalue weighted by Gasteiger charge is -2.13. The van der Waals surface area contributed by atoms with E-state index in [1.165, 1.54) is 32.1 Å². The highest BCUT2D eigenvalue weighted by molar-refractivity contribution is 7.99. The number of hydrogen-bond acceptors (Lipinski definition) is 6. The van der Waals surface area contributed by atoms with Gasteiger partial charge in [-0.25, -0.2) is 4.68 Å². The van der Waals surface area contributed by atoms with Gasteiger partial charge in [0.2, 0.25) is 5.16 Å². The molecule has 6 nitrogen and oxygen atoms in total. The van der Waals surface area contributed by atoms with Crippen molar-refractivity contribution in [1.29, 1.82) is 0 Å². The summed E-state index contributed by atoms with van der Waals surface area (Å²) in [5, 5.41) is 12.6. The number of rotatable bonds is 8. The lowest BCUT2D eigenvalue weighted by molar-refractivity contribution is -0.113. The normalized spacial score (nSPS) is 16.6. The van der Waals surface area contributed by atoms with Crippen molar-refractivity contribution in [3.05, 3.63) is 0 Å². The maximum atomic E-state index is 5.17. The van der Waals surface area contributed by atoms with Gasteiger partial charge in [-0.05, 0) is 22.8 Å². The first-order valence-corrected chi connectivity index (χ1v) is 7.76. The van der Waals surface area contributed by atoms with Crippen LogP contribution in [0.3, 0.4) is 0 Å². The summed E-state index contributed by atoms with van der Waals surface area (Å²) in [5.74, 6) is 1.98. The average molecular weight is 286 g/mol. The Morgan fingerprint density at radius 3 is 2.74 bits per heavy atom. The Labute approximate surface area is 118 Å². The number of ether oxygens (including phenoxy) is 2. The van der Waals surface area contributed by atoms with E-state index in [-0.39, 0.29) is 6.29 Å². The van der Waals surface area contributed by atoms with Crippen LogP contribution in [0, 0.1) is 5.92 Å². The summed E-state index contributed by atoms with van der Waals surface area (Å²) >= 11 is 1.72. The van der Waals surface area contributed by atoms with Crippen molar-refractivity contribution in [3.8, 4) is 0 Å². The van der Waals surface area contributed by atoms with Gasteiger partial charge in [0, 0.05) is 20.0 Å². The summed E-state index contributed by atoms with van der Waals surface area (Å²) in [6, 6.07) is 0. The highest BCUT2D eigenvalue weighted by Crippen LogP contribution is 2.29. The molecule has 0 spiro atoms. The first kappa shape index (κ1) is 14.7. The van der Waals surface area contributed by atoms with Gasteiger partial charge in [-0.1, -0.05) is 37.4 Å².